The molecule has 0 saturated carbocycles. The minimum Gasteiger partial charge on any atom is -0.497 e. The van der Waals surface area contributed by atoms with Crippen LogP contribution in [0, 0.1) is 11.8 Å². The van der Waals surface area contributed by atoms with Crippen LogP contribution in [0.4, 0.5) is 10.5 Å². The predicted octanol–water partition coefficient (Wildman–Crippen LogP) is 5.75. The molecule has 0 aliphatic carbocycles. The van der Waals surface area contributed by atoms with Crippen molar-refractivity contribution in [2.24, 2.45) is 0 Å². The second-order valence-electron chi connectivity index (χ2n) is 7.51. The first kappa shape index (κ1) is 22.0. The van der Waals surface area contributed by atoms with Gasteiger partial charge in [-0.15, -0.1) is 0 Å². The molecule has 3 rings (SSSR count). The highest BCUT2D eigenvalue weighted by Gasteiger charge is 2.12. The maximum Gasteiger partial charge on any atom is 0.321 e. The van der Waals surface area contributed by atoms with Gasteiger partial charge in [-0.05, 0) is 66.4 Å². The van der Waals surface area contributed by atoms with Crippen molar-refractivity contribution in [3.63, 3.8) is 0 Å². The van der Waals surface area contributed by atoms with E-state index in [2.05, 4.69) is 48.3 Å². The zero-order valence-electron chi connectivity index (χ0n) is 18.3. The molecule has 0 bridgehead atoms. The summed E-state index contributed by atoms with van der Waals surface area (Å²) in [4.78, 5) is 14.1. The lowest BCUT2D eigenvalue weighted by Crippen LogP contribution is -2.32. The van der Waals surface area contributed by atoms with Gasteiger partial charge in [0, 0.05) is 30.4 Å². The molecule has 0 heterocycles. The molecule has 0 radical (unpaired) electrons. The number of rotatable bonds is 6. The Morgan fingerprint density at radius 2 is 1.55 bits per heavy atom. The number of benzene rings is 3. The van der Waals surface area contributed by atoms with Gasteiger partial charge in [0.1, 0.15) is 5.75 Å². The van der Waals surface area contributed by atoms with Gasteiger partial charge >= 0.3 is 6.03 Å². The van der Waals surface area contributed by atoms with Crippen molar-refractivity contribution in [3.05, 3.63) is 95.6 Å². The van der Waals surface area contributed by atoms with Crippen molar-refractivity contribution in [1.82, 2.24) is 4.90 Å². The van der Waals surface area contributed by atoms with Crippen LogP contribution in [0.5, 0.6) is 5.75 Å². The Kier molecular flexibility index (Phi) is 7.73. The van der Waals surface area contributed by atoms with Crippen molar-refractivity contribution in [2.45, 2.75) is 19.3 Å². The molecular weight excluding hydrogens is 384 g/mol. The first-order chi connectivity index (χ1) is 15.0. The van der Waals surface area contributed by atoms with E-state index >= 15 is 0 Å². The molecule has 158 valence electrons. The quantitative estimate of drug-likeness (QED) is 0.524. The third kappa shape index (κ3) is 6.65. The van der Waals surface area contributed by atoms with Crippen molar-refractivity contribution in [3.8, 4) is 17.6 Å². The van der Waals surface area contributed by atoms with Gasteiger partial charge in [-0.25, -0.2) is 4.79 Å². The molecule has 1 atom stereocenters. The Bertz CT molecular complexity index is 1030. The van der Waals surface area contributed by atoms with Crippen molar-refractivity contribution >= 4 is 11.7 Å². The molecule has 0 aliphatic heterocycles. The van der Waals surface area contributed by atoms with E-state index in [-0.39, 0.29) is 6.03 Å². The van der Waals surface area contributed by atoms with E-state index in [0.29, 0.717) is 12.5 Å². The van der Waals surface area contributed by atoms with E-state index in [9.17, 15) is 4.79 Å². The van der Waals surface area contributed by atoms with E-state index in [1.807, 2.05) is 61.6 Å². The van der Waals surface area contributed by atoms with Crippen LogP contribution in [0.1, 0.15) is 36.0 Å². The van der Waals surface area contributed by atoms with Crippen LogP contribution in [0.15, 0.2) is 78.9 Å². The Balaban J connectivity index is 1.49. The zero-order chi connectivity index (χ0) is 22.1. The summed E-state index contributed by atoms with van der Waals surface area (Å²) in [6.07, 6.45) is 0.877. The van der Waals surface area contributed by atoms with Gasteiger partial charge in [0.25, 0.3) is 0 Å². The van der Waals surface area contributed by atoms with Crippen LogP contribution in [0.2, 0.25) is 0 Å². The predicted molar refractivity (Wildman–Crippen MR) is 127 cm³/mol. The molecular formula is C27H28N2O2. The van der Waals surface area contributed by atoms with Crippen LogP contribution in [0.3, 0.4) is 0 Å². The number of anilines is 1. The number of carbonyl (C=O) groups is 1. The van der Waals surface area contributed by atoms with Gasteiger partial charge in [-0.1, -0.05) is 49.1 Å². The van der Waals surface area contributed by atoms with E-state index in [0.717, 1.165) is 29.0 Å². The molecule has 4 nitrogen and oxygen atoms in total. The standard InChI is InChI=1S/C27H28N2O2/c1-21(19-20-29(2)27(30)28-25-15-17-26(31-3)18-16-25)24-13-11-23(12-14-24)10-9-22-7-5-4-6-8-22/h4-8,11-18,21H,19-20H2,1-3H3,(H,28,30)/t21-/m0/s1. The third-order valence-corrected chi connectivity index (χ3v) is 5.19. The molecule has 0 saturated heterocycles. The van der Waals surface area contributed by atoms with E-state index in [1.165, 1.54) is 5.56 Å². The van der Waals surface area contributed by atoms with Gasteiger partial charge in [0.15, 0.2) is 0 Å². The summed E-state index contributed by atoms with van der Waals surface area (Å²) >= 11 is 0. The molecule has 0 spiro atoms. The van der Waals surface area contributed by atoms with Crippen LogP contribution in [-0.2, 0) is 0 Å². The Morgan fingerprint density at radius 3 is 2.16 bits per heavy atom. The molecule has 3 aromatic rings. The largest absolute Gasteiger partial charge is 0.497 e. The van der Waals surface area contributed by atoms with Gasteiger partial charge in [0.2, 0.25) is 0 Å². The SMILES string of the molecule is COc1ccc(NC(=O)N(C)CC[C@H](C)c2ccc(C#Cc3ccccc3)cc2)cc1. The fourth-order valence-electron chi connectivity index (χ4n) is 3.11. The highest BCUT2D eigenvalue weighted by molar-refractivity contribution is 5.89. The first-order valence-corrected chi connectivity index (χ1v) is 10.4. The second kappa shape index (κ2) is 10.9. The number of amides is 2. The number of hydrogen-bond donors (Lipinski definition) is 1. The number of methoxy groups -OCH3 is 1. The maximum absolute atomic E-state index is 12.4. The highest BCUT2D eigenvalue weighted by atomic mass is 16.5. The van der Waals surface area contributed by atoms with Crippen LogP contribution >= 0.6 is 0 Å². The smallest absolute Gasteiger partial charge is 0.321 e. The maximum atomic E-state index is 12.4. The average Bonchev–Trinajstić information content (AvgIpc) is 2.82. The topological polar surface area (TPSA) is 41.6 Å². The summed E-state index contributed by atoms with van der Waals surface area (Å²) in [7, 11) is 3.43. The van der Waals surface area contributed by atoms with Crippen molar-refractivity contribution < 1.29 is 9.53 Å². The summed E-state index contributed by atoms with van der Waals surface area (Å²) < 4.78 is 5.14. The van der Waals surface area contributed by atoms with E-state index in [1.54, 1.807) is 12.0 Å². The molecule has 0 aromatic heterocycles. The van der Waals surface area contributed by atoms with Crippen molar-refractivity contribution in [1.29, 1.82) is 0 Å². The first-order valence-electron chi connectivity index (χ1n) is 10.4. The lowest BCUT2D eigenvalue weighted by molar-refractivity contribution is 0.221. The summed E-state index contributed by atoms with van der Waals surface area (Å²) in [6, 6.07) is 25.5. The minimum absolute atomic E-state index is 0.121. The van der Waals surface area contributed by atoms with Crippen LogP contribution < -0.4 is 10.1 Å². The van der Waals surface area contributed by atoms with Gasteiger partial charge in [0.05, 0.1) is 7.11 Å². The fraction of sp³-hybridized carbons (Fsp3) is 0.222. The Hall–Kier alpha value is -3.71. The number of nitrogens with one attached hydrogen (secondary N) is 1. The normalized spacial score (nSPS) is 11.1. The molecule has 0 unspecified atom stereocenters. The Labute approximate surface area is 184 Å². The lowest BCUT2D eigenvalue weighted by atomic mass is 9.96. The summed E-state index contributed by atoms with van der Waals surface area (Å²) in [5, 5.41) is 2.91. The molecule has 0 aliphatic rings. The van der Waals surface area contributed by atoms with Gasteiger partial charge in [-0.3, -0.25) is 0 Å². The van der Waals surface area contributed by atoms with E-state index in [4.69, 9.17) is 4.74 Å². The summed E-state index contributed by atoms with van der Waals surface area (Å²) in [5.41, 5.74) is 4.00. The van der Waals surface area contributed by atoms with Crippen molar-refractivity contribution in [2.75, 3.05) is 26.0 Å². The number of nitrogens with zero attached hydrogens (tertiary/aromatic N) is 1. The highest BCUT2D eigenvalue weighted by Crippen LogP contribution is 2.20. The number of hydrogen-bond acceptors (Lipinski definition) is 2. The molecule has 2 amide bonds. The number of carbonyl (C=O) groups excluding carboxylic acids is 1. The van der Waals surface area contributed by atoms with Crippen LogP contribution in [-0.4, -0.2) is 31.6 Å². The summed E-state index contributed by atoms with van der Waals surface area (Å²) in [5.74, 6) is 7.49. The zero-order valence-corrected chi connectivity index (χ0v) is 18.3. The minimum atomic E-state index is -0.121. The molecule has 0 fully saturated rings. The van der Waals surface area contributed by atoms with E-state index < -0.39 is 0 Å². The lowest BCUT2D eigenvalue weighted by Gasteiger charge is -2.20. The molecule has 3 aromatic carbocycles. The second-order valence-corrected chi connectivity index (χ2v) is 7.51. The van der Waals surface area contributed by atoms with Gasteiger partial charge < -0.3 is 15.0 Å². The molecule has 31 heavy (non-hydrogen) atoms. The molecule has 4 heteroatoms. The average molecular weight is 413 g/mol. The number of urea groups is 1. The Morgan fingerprint density at radius 1 is 0.935 bits per heavy atom. The summed E-state index contributed by atoms with van der Waals surface area (Å²) in [6.45, 7) is 2.85. The fourth-order valence-corrected chi connectivity index (χ4v) is 3.11. The monoisotopic (exact) mass is 412 g/mol. The van der Waals surface area contributed by atoms with Crippen LogP contribution in [0.25, 0.3) is 0 Å². The van der Waals surface area contributed by atoms with Gasteiger partial charge in [-0.2, -0.15) is 0 Å². The molecule has 1 N–H and O–H groups in total. The third-order valence-electron chi connectivity index (χ3n) is 5.19. The number of ether oxygens (including phenoxy) is 1.